The van der Waals surface area contributed by atoms with Crippen molar-refractivity contribution in [3.8, 4) is 5.69 Å². The molecule has 0 fully saturated rings. The van der Waals surface area contributed by atoms with Crippen LogP contribution in [0, 0.1) is 5.82 Å². The maximum Gasteiger partial charge on any atom is 0.255 e. The molecule has 6 heteroatoms. The number of amides is 1. The van der Waals surface area contributed by atoms with Crippen molar-refractivity contribution in [1.29, 1.82) is 0 Å². The van der Waals surface area contributed by atoms with Gasteiger partial charge in [-0.1, -0.05) is 0 Å². The van der Waals surface area contributed by atoms with Crippen LogP contribution >= 0.6 is 0 Å². The molecule has 0 atom stereocenters. The molecule has 1 amide bonds. The SMILES string of the molecule is Cn1ccc(C(=O)Nc2cc(-n3cccc3)ccc2F)cc1=O. The first-order valence-corrected chi connectivity index (χ1v) is 6.95. The standard InChI is InChI=1S/C17H14FN3O2/c1-20-9-6-12(10-16(20)22)17(23)19-15-11-13(4-5-14(15)18)21-7-2-3-8-21/h2-11H,1H3,(H,19,23). The Labute approximate surface area is 131 Å². The second-order valence-corrected chi connectivity index (χ2v) is 5.07. The van der Waals surface area contributed by atoms with E-state index in [1.54, 1.807) is 17.7 Å². The van der Waals surface area contributed by atoms with Crippen LogP contribution in [0.15, 0.2) is 65.8 Å². The summed E-state index contributed by atoms with van der Waals surface area (Å²) in [6.07, 6.45) is 5.13. The number of carbonyl (C=O) groups excluding carboxylic acids is 1. The number of rotatable bonds is 3. The Morgan fingerprint density at radius 1 is 1.09 bits per heavy atom. The quantitative estimate of drug-likeness (QED) is 0.808. The average Bonchev–Trinajstić information content (AvgIpc) is 3.06. The van der Waals surface area contributed by atoms with Crippen molar-refractivity contribution in [1.82, 2.24) is 9.13 Å². The molecule has 0 saturated heterocycles. The zero-order valence-electron chi connectivity index (χ0n) is 12.4. The Morgan fingerprint density at radius 2 is 1.83 bits per heavy atom. The van der Waals surface area contributed by atoms with Gasteiger partial charge in [-0.2, -0.15) is 0 Å². The van der Waals surface area contributed by atoms with E-state index in [-0.39, 0.29) is 16.8 Å². The van der Waals surface area contributed by atoms with Crippen molar-refractivity contribution < 1.29 is 9.18 Å². The van der Waals surface area contributed by atoms with Crippen LogP contribution in [0.4, 0.5) is 10.1 Å². The third-order valence-electron chi connectivity index (χ3n) is 3.47. The Balaban J connectivity index is 1.90. The maximum atomic E-state index is 13.9. The minimum atomic E-state index is -0.543. The minimum absolute atomic E-state index is 0.0573. The van der Waals surface area contributed by atoms with Crippen LogP contribution in [-0.4, -0.2) is 15.0 Å². The zero-order valence-corrected chi connectivity index (χ0v) is 12.4. The van der Waals surface area contributed by atoms with Crippen LogP contribution in [0.25, 0.3) is 5.69 Å². The van der Waals surface area contributed by atoms with E-state index in [2.05, 4.69) is 5.32 Å². The van der Waals surface area contributed by atoms with Crippen molar-refractivity contribution in [3.05, 3.63) is 82.8 Å². The number of pyridine rings is 1. The van der Waals surface area contributed by atoms with Crippen molar-refractivity contribution in [2.45, 2.75) is 0 Å². The van der Waals surface area contributed by atoms with Gasteiger partial charge in [0.1, 0.15) is 5.82 Å². The molecule has 2 aromatic heterocycles. The lowest BCUT2D eigenvalue weighted by Gasteiger charge is -2.10. The highest BCUT2D eigenvalue weighted by Crippen LogP contribution is 2.19. The van der Waals surface area contributed by atoms with Gasteiger partial charge in [0.15, 0.2) is 0 Å². The van der Waals surface area contributed by atoms with Crippen LogP contribution in [0.1, 0.15) is 10.4 Å². The number of hydrogen-bond acceptors (Lipinski definition) is 2. The van der Waals surface area contributed by atoms with Crippen molar-refractivity contribution in [2.75, 3.05) is 5.32 Å². The number of carbonyl (C=O) groups is 1. The molecule has 1 aromatic carbocycles. The number of halogens is 1. The number of aromatic nitrogens is 2. The van der Waals surface area contributed by atoms with Gasteiger partial charge >= 0.3 is 0 Å². The summed E-state index contributed by atoms with van der Waals surface area (Å²) in [7, 11) is 1.59. The molecule has 0 aliphatic heterocycles. The summed E-state index contributed by atoms with van der Waals surface area (Å²) in [5.41, 5.74) is 0.649. The third kappa shape index (κ3) is 3.06. The average molecular weight is 311 g/mol. The molecule has 2 heterocycles. The van der Waals surface area contributed by atoms with Crippen LogP contribution in [-0.2, 0) is 7.05 Å². The summed E-state index contributed by atoms with van der Waals surface area (Å²) in [6.45, 7) is 0. The van der Waals surface area contributed by atoms with Gasteiger partial charge in [-0.05, 0) is 36.4 Å². The van der Waals surface area contributed by atoms with Crippen molar-refractivity contribution in [3.63, 3.8) is 0 Å². The molecule has 0 radical (unpaired) electrons. The lowest BCUT2D eigenvalue weighted by Crippen LogP contribution is -2.20. The highest BCUT2D eigenvalue weighted by Gasteiger charge is 2.11. The van der Waals surface area contributed by atoms with E-state index in [1.165, 1.54) is 35.0 Å². The maximum absolute atomic E-state index is 13.9. The van der Waals surface area contributed by atoms with E-state index in [4.69, 9.17) is 0 Å². The van der Waals surface area contributed by atoms with Gasteiger partial charge in [-0.25, -0.2) is 4.39 Å². The second kappa shape index (κ2) is 5.92. The monoisotopic (exact) mass is 311 g/mol. The van der Waals surface area contributed by atoms with Gasteiger partial charge in [0.25, 0.3) is 11.5 Å². The molecule has 5 nitrogen and oxygen atoms in total. The molecule has 0 saturated carbocycles. The van der Waals surface area contributed by atoms with E-state index >= 15 is 0 Å². The van der Waals surface area contributed by atoms with Gasteiger partial charge in [0, 0.05) is 43.0 Å². The Hall–Kier alpha value is -3.15. The highest BCUT2D eigenvalue weighted by molar-refractivity contribution is 6.04. The van der Waals surface area contributed by atoms with Gasteiger partial charge in [-0.3, -0.25) is 9.59 Å². The molecule has 3 rings (SSSR count). The van der Waals surface area contributed by atoms with Crippen LogP contribution in [0.2, 0.25) is 0 Å². The molecular formula is C17H14FN3O2. The lowest BCUT2D eigenvalue weighted by molar-refractivity contribution is 0.102. The predicted molar refractivity (Wildman–Crippen MR) is 85.4 cm³/mol. The van der Waals surface area contributed by atoms with E-state index < -0.39 is 11.7 Å². The van der Waals surface area contributed by atoms with E-state index in [1.807, 2.05) is 24.5 Å². The Morgan fingerprint density at radius 3 is 2.52 bits per heavy atom. The number of nitrogens with zero attached hydrogens (tertiary/aromatic N) is 2. The molecule has 0 unspecified atom stereocenters. The zero-order chi connectivity index (χ0) is 16.4. The number of aryl methyl sites for hydroxylation is 1. The van der Waals surface area contributed by atoms with E-state index in [0.29, 0.717) is 0 Å². The molecule has 0 aliphatic carbocycles. The predicted octanol–water partition coefficient (Wildman–Crippen LogP) is 2.57. The summed E-state index contributed by atoms with van der Waals surface area (Å²) >= 11 is 0. The molecule has 1 N–H and O–H groups in total. The summed E-state index contributed by atoms with van der Waals surface area (Å²) in [6, 6.07) is 10.8. The Kier molecular flexibility index (Phi) is 3.80. The minimum Gasteiger partial charge on any atom is -0.324 e. The second-order valence-electron chi connectivity index (χ2n) is 5.07. The molecule has 3 aromatic rings. The van der Waals surface area contributed by atoms with E-state index in [0.717, 1.165) is 5.69 Å². The lowest BCUT2D eigenvalue weighted by atomic mass is 10.2. The van der Waals surface area contributed by atoms with Gasteiger partial charge in [-0.15, -0.1) is 0 Å². The first kappa shape index (κ1) is 14.8. The van der Waals surface area contributed by atoms with Crippen molar-refractivity contribution >= 4 is 11.6 Å². The molecule has 0 bridgehead atoms. The van der Waals surface area contributed by atoms with Crippen LogP contribution < -0.4 is 10.9 Å². The summed E-state index contributed by atoms with van der Waals surface area (Å²) in [5, 5.41) is 2.50. The first-order chi connectivity index (χ1) is 11.0. The third-order valence-corrected chi connectivity index (χ3v) is 3.47. The summed E-state index contributed by atoms with van der Waals surface area (Å²) in [4.78, 5) is 23.8. The summed E-state index contributed by atoms with van der Waals surface area (Å²) < 4.78 is 17.1. The fraction of sp³-hybridized carbons (Fsp3) is 0.0588. The largest absolute Gasteiger partial charge is 0.324 e. The fourth-order valence-corrected chi connectivity index (χ4v) is 2.16. The molecule has 0 spiro atoms. The molecule has 0 aliphatic rings. The molecule has 23 heavy (non-hydrogen) atoms. The smallest absolute Gasteiger partial charge is 0.255 e. The number of nitrogens with one attached hydrogen (secondary N) is 1. The van der Waals surface area contributed by atoms with Crippen molar-refractivity contribution in [2.24, 2.45) is 7.05 Å². The van der Waals surface area contributed by atoms with Gasteiger partial charge in [0.2, 0.25) is 0 Å². The first-order valence-electron chi connectivity index (χ1n) is 6.95. The Bertz CT molecular complexity index is 914. The molecular weight excluding hydrogens is 297 g/mol. The summed E-state index contributed by atoms with van der Waals surface area (Å²) in [5.74, 6) is -1.08. The number of hydrogen-bond donors (Lipinski definition) is 1. The number of benzene rings is 1. The van der Waals surface area contributed by atoms with E-state index in [9.17, 15) is 14.0 Å². The normalized spacial score (nSPS) is 10.5. The topological polar surface area (TPSA) is 56.0 Å². The van der Waals surface area contributed by atoms with Gasteiger partial charge in [0.05, 0.1) is 5.69 Å². The van der Waals surface area contributed by atoms with Crippen LogP contribution in [0.5, 0.6) is 0 Å². The molecule has 116 valence electrons. The van der Waals surface area contributed by atoms with Gasteiger partial charge < -0.3 is 14.5 Å². The fourth-order valence-electron chi connectivity index (χ4n) is 2.16. The van der Waals surface area contributed by atoms with Crippen LogP contribution in [0.3, 0.4) is 0 Å². The highest BCUT2D eigenvalue weighted by atomic mass is 19.1. The number of anilines is 1.